The molecular weight excluding hydrogens is 512 g/mol. The molecule has 1 fully saturated rings. The highest BCUT2D eigenvalue weighted by atomic mass is 16.4. The van der Waals surface area contributed by atoms with Crippen LogP contribution >= 0.6 is 0 Å². The van der Waals surface area contributed by atoms with E-state index in [9.17, 15) is 14.7 Å². The number of nitrogens with zero attached hydrogens (tertiary/aromatic N) is 3. The van der Waals surface area contributed by atoms with Crippen LogP contribution in [0.5, 0.6) is 0 Å². The molecule has 0 radical (unpaired) electrons. The zero-order valence-corrected chi connectivity index (χ0v) is 24.3. The molecule has 0 saturated heterocycles. The van der Waals surface area contributed by atoms with Crippen molar-refractivity contribution in [1.29, 1.82) is 0 Å². The van der Waals surface area contributed by atoms with Gasteiger partial charge in [-0.05, 0) is 73.6 Å². The normalized spacial score (nSPS) is 13.8. The molecule has 3 aromatic carbocycles. The summed E-state index contributed by atoms with van der Waals surface area (Å²) in [5.41, 5.74) is 6.90. The van der Waals surface area contributed by atoms with Gasteiger partial charge in [-0.25, -0.2) is 14.6 Å². The van der Waals surface area contributed by atoms with E-state index in [-0.39, 0.29) is 12.1 Å². The molecule has 1 saturated carbocycles. The predicted octanol–water partition coefficient (Wildman–Crippen LogP) is 7.58. The molecule has 5 rings (SSSR count). The van der Waals surface area contributed by atoms with Crippen LogP contribution in [0.2, 0.25) is 0 Å². The van der Waals surface area contributed by atoms with Gasteiger partial charge in [-0.3, -0.25) is 4.90 Å². The van der Waals surface area contributed by atoms with Crippen molar-refractivity contribution in [2.45, 2.75) is 78.3 Å². The van der Waals surface area contributed by atoms with Crippen molar-refractivity contribution in [2.24, 2.45) is 0 Å². The largest absolute Gasteiger partial charge is 0.478 e. The first kappa shape index (κ1) is 28.4. The summed E-state index contributed by atoms with van der Waals surface area (Å²) < 4.78 is 2.27. The van der Waals surface area contributed by atoms with Crippen molar-refractivity contribution in [3.05, 3.63) is 83.2 Å². The fraction of sp³-hybridized carbons (Fsp3) is 0.382. The Kier molecular flexibility index (Phi) is 8.72. The van der Waals surface area contributed by atoms with Gasteiger partial charge in [0.15, 0.2) is 0 Å². The number of rotatable bonds is 9. The topological polar surface area (TPSA) is 87.5 Å². The summed E-state index contributed by atoms with van der Waals surface area (Å²) in [6.45, 7) is 7.46. The fourth-order valence-electron chi connectivity index (χ4n) is 6.01. The fourth-order valence-corrected chi connectivity index (χ4v) is 6.01. The summed E-state index contributed by atoms with van der Waals surface area (Å²) in [4.78, 5) is 31.9. The van der Waals surface area contributed by atoms with E-state index < -0.39 is 5.97 Å². The van der Waals surface area contributed by atoms with E-state index >= 15 is 0 Å². The molecule has 0 spiro atoms. The maximum atomic E-state index is 13.3. The molecule has 4 aromatic rings. The zero-order valence-electron chi connectivity index (χ0n) is 24.3. The van der Waals surface area contributed by atoms with Gasteiger partial charge in [0, 0.05) is 31.2 Å². The summed E-state index contributed by atoms with van der Waals surface area (Å²) in [5.74, 6) is 0.0937. The number of aromatic nitrogens is 2. The lowest BCUT2D eigenvalue weighted by Gasteiger charge is -2.28. The number of nitrogens with one attached hydrogen (secondary N) is 1. The van der Waals surface area contributed by atoms with E-state index in [4.69, 9.17) is 4.98 Å². The van der Waals surface area contributed by atoms with Crippen LogP contribution in [-0.2, 0) is 13.0 Å². The summed E-state index contributed by atoms with van der Waals surface area (Å²) in [7, 11) is 0. The second-order valence-electron chi connectivity index (χ2n) is 11.1. The molecule has 1 aliphatic rings. The molecule has 0 atom stereocenters. The first-order valence-electron chi connectivity index (χ1n) is 14.9. The van der Waals surface area contributed by atoms with Crippen LogP contribution in [0, 0.1) is 6.92 Å². The van der Waals surface area contributed by atoms with Crippen molar-refractivity contribution in [3.63, 3.8) is 0 Å². The molecule has 1 aromatic heterocycles. The minimum Gasteiger partial charge on any atom is -0.478 e. The number of carboxylic acid groups (broad SMARTS) is 1. The highest BCUT2D eigenvalue weighted by Crippen LogP contribution is 2.30. The third-order valence-electron chi connectivity index (χ3n) is 8.15. The molecule has 1 aliphatic carbocycles. The molecular formula is C34H40N4O3. The standard InChI is InChI=1S/C34H40N4O3/c1-4-11-31-36-32-23(3)20-27(37(5-2)34(41)35-26-12-7-6-8-13-26)21-30(32)38(31)22-24-16-18-25(19-17-24)28-14-9-10-15-29(28)33(39)40/h9-10,14-21,26H,4-8,11-13,22H2,1-3H3,(H,35,41)(H,39,40). The van der Waals surface area contributed by atoms with E-state index in [2.05, 4.69) is 48.0 Å². The molecule has 2 amide bonds. The number of carboxylic acids is 1. The molecule has 214 valence electrons. The van der Waals surface area contributed by atoms with Gasteiger partial charge in [-0.1, -0.05) is 68.7 Å². The van der Waals surface area contributed by atoms with Crippen LogP contribution in [0.15, 0.2) is 60.7 Å². The average molecular weight is 553 g/mol. The van der Waals surface area contributed by atoms with Gasteiger partial charge in [-0.15, -0.1) is 0 Å². The predicted molar refractivity (Wildman–Crippen MR) is 165 cm³/mol. The molecule has 0 bridgehead atoms. The summed E-state index contributed by atoms with van der Waals surface area (Å²) in [6.07, 6.45) is 7.54. The third-order valence-corrected chi connectivity index (χ3v) is 8.15. The number of aryl methyl sites for hydroxylation is 2. The second-order valence-corrected chi connectivity index (χ2v) is 11.1. The molecule has 7 heteroatoms. The minimum absolute atomic E-state index is 0.0322. The summed E-state index contributed by atoms with van der Waals surface area (Å²) >= 11 is 0. The number of anilines is 1. The Morgan fingerprint density at radius 3 is 2.44 bits per heavy atom. The monoisotopic (exact) mass is 552 g/mol. The number of carbonyl (C=O) groups is 2. The van der Waals surface area contributed by atoms with Gasteiger partial charge in [0.2, 0.25) is 0 Å². The van der Waals surface area contributed by atoms with E-state index in [1.165, 1.54) is 19.3 Å². The number of carbonyl (C=O) groups excluding carboxylic acids is 1. The second kappa shape index (κ2) is 12.6. The van der Waals surface area contributed by atoms with Gasteiger partial charge in [0.05, 0.1) is 16.6 Å². The van der Waals surface area contributed by atoms with Gasteiger partial charge in [0.1, 0.15) is 5.82 Å². The number of hydrogen-bond acceptors (Lipinski definition) is 3. The Hall–Kier alpha value is -4.13. The Morgan fingerprint density at radius 2 is 1.76 bits per heavy atom. The van der Waals surface area contributed by atoms with Gasteiger partial charge < -0.3 is 15.0 Å². The van der Waals surface area contributed by atoms with Crippen molar-refractivity contribution >= 4 is 28.7 Å². The van der Waals surface area contributed by atoms with Crippen molar-refractivity contribution in [3.8, 4) is 11.1 Å². The lowest BCUT2D eigenvalue weighted by atomic mass is 9.96. The first-order chi connectivity index (χ1) is 19.9. The third kappa shape index (κ3) is 6.14. The molecule has 41 heavy (non-hydrogen) atoms. The van der Waals surface area contributed by atoms with Crippen LogP contribution in [0.3, 0.4) is 0 Å². The minimum atomic E-state index is -0.932. The number of imidazole rings is 1. The average Bonchev–Trinajstić information content (AvgIpc) is 3.32. The Morgan fingerprint density at radius 1 is 1.02 bits per heavy atom. The number of aromatic carboxylic acids is 1. The first-order valence-corrected chi connectivity index (χ1v) is 14.9. The van der Waals surface area contributed by atoms with Crippen LogP contribution in [0.4, 0.5) is 10.5 Å². The van der Waals surface area contributed by atoms with Crippen LogP contribution in [0.25, 0.3) is 22.2 Å². The SMILES string of the molecule is CCCc1nc2c(C)cc(N(CC)C(=O)NC3CCCCC3)cc2n1Cc1ccc(-c2ccccc2C(=O)O)cc1. The smallest absolute Gasteiger partial charge is 0.336 e. The maximum absolute atomic E-state index is 13.3. The van der Waals surface area contributed by atoms with E-state index in [0.29, 0.717) is 24.2 Å². The molecule has 2 N–H and O–H groups in total. The van der Waals surface area contributed by atoms with Gasteiger partial charge in [0.25, 0.3) is 0 Å². The Balaban J connectivity index is 1.47. The van der Waals surface area contributed by atoms with Crippen molar-refractivity contribution in [2.75, 3.05) is 11.4 Å². The number of fused-ring (bicyclic) bond motifs is 1. The number of urea groups is 1. The molecule has 0 aliphatic heterocycles. The Bertz CT molecular complexity index is 1530. The lowest BCUT2D eigenvalue weighted by molar-refractivity contribution is 0.0697. The molecule has 1 heterocycles. The Labute approximate surface area is 242 Å². The summed E-state index contributed by atoms with van der Waals surface area (Å²) in [6, 6.07) is 19.6. The van der Waals surface area contributed by atoms with Crippen LogP contribution in [-0.4, -0.2) is 39.2 Å². The van der Waals surface area contributed by atoms with Crippen molar-refractivity contribution < 1.29 is 14.7 Å². The maximum Gasteiger partial charge on any atom is 0.336 e. The van der Waals surface area contributed by atoms with E-state index in [1.807, 2.05) is 36.1 Å². The number of hydrogen-bond donors (Lipinski definition) is 2. The number of amides is 2. The zero-order chi connectivity index (χ0) is 28.9. The molecule has 0 unspecified atom stereocenters. The van der Waals surface area contributed by atoms with Crippen LogP contribution < -0.4 is 10.2 Å². The van der Waals surface area contributed by atoms with Crippen molar-refractivity contribution in [1.82, 2.24) is 14.9 Å². The summed E-state index contributed by atoms with van der Waals surface area (Å²) in [5, 5.41) is 12.9. The highest BCUT2D eigenvalue weighted by molar-refractivity contribution is 5.96. The molecule has 7 nitrogen and oxygen atoms in total. The number of benzene rings is 3. The lowest BCUT2D eigenvalue weighted by Crippen LogP contribution is -2.45. The highest BCUT2D eigenvalue weighted by Gasteiger charge is 2.22. The van der Waals surface area contributed by atoms with Gasteiger partial charge in [-0.2, -0.15) is 0 Å². The van der Waals surface area contributed by atoms with E-state index in [0.717, 1.165) is 64.9 Å². The van der Waals surface area contributed by atoms with E-state index in [1.54, 1.807) is 12.1 Å². The van der Waals surface area contributed by atoms with Gasteiger partial charge >= 0.3 is 12.0 Å². The van der Waals surface area contributed by atoms with Crippen LogP contribution in [0.1, 0.15) is 79.7 Å². The quantitative estimate of drug-likeness (QED) is 0.224.